The fraction of sp³-hybridized carbons (Fsp3) is 0.292. The SMILES string of the molecule is CCOC(=O)C1=C(C)Nc2nc(-c3ccccc3)nn2C1c1cc(OC)c(OC)cc1OC. The van der Waals surface area contributed by atoms with E-state index in [-0.39, 0.29) is 6.61 Å². The normalized spacial score (nSPS) is 14.9. The lowest BCUT2D eigenvalue weighted by Gasteiger charge is -2.29. The zero-order valence-electron chi connectivity index (χ0n) is 19.2. The summed E-state index contributed by atoms with van der Waals surface area (Å²) < 4.78 is 23.7. The lowest BCUT2D eigenvalue weighted by molar-refractivity contribution is -0.139. The fourth-order valence-electron chi connectivity index (χ4n) is 3.89. The van der Waals surface area contributed by atoms with Gasteiger partial charge in [0.2, 0.25) is 5.95 Å². The molecular weight excluding hydrogens is 424 g/mol. The van der Waals surface area contributed by atoms with Gasteiger partial charge in [-0.15, -0.1) is 5.10 Å². The molecule has 1 aliphatic rings. The molecule has 0 spiro atoms. The molecular formula is C24H26N4O5. The first-order valence-electron chi connectivity index (χ1n) is 10.5. The van der Waals surface area contributed by atoms with Crippen LogP contribution in [0.2, 0.25) is 0 Å². The van der Waals surface area contributed by atoms with Crippen molar-refractivity contribution in [2.45, 2.75) is 19.9 Å². The van der Waals surface area contributed by atoms with Crippen LogP contribution in [0.25, 0.3) is 11.4 Å². The predicted octanol–water partition coefficient (Wildman–Crippen LogP) is 3.82. The van der Waals surface area contributed by atoms with Crippen molar-refractivity contribution in [3.8, 4) is 28.6 Å². The van der Waals surface area contributed by atoms with Crippen molar-refractivity contribution in [2.24, 2.45) is 0 Å². The van der Waals surface area contributed by atoms with Crippen molar-refractivity contribution in [3.05, 3.63) is 59.3 Å². The van der Waals surface area contributed by atoms with Crippen LogP contribution in [0, 0.1) is 0 Å². The van der Waals surface area contributed by atoms with E-state index >= 15 is 0 Å². The number of aromatic nitrogens is 3. The summed E-state index contributed by atoms with van der Waals surface area (Å²) in [7, 11) is 4.67. The molecule has 9 heteroatoms. The summed E-state index contributed by atoms with van der Waals surface area (Å²) in [5, 5.41) is 7.95. The van der Waals surface area contributed by atoms with Crippen LogP contribution in [0.15, 0.2) is 53.7 Å². The first-order chi connectivity index (χ1) is 16.0. The smallest absolute Gasteiger partial charge is 0.338 e. The van der Waals surface area contributed by atoms with Crippen molar-refractivity contribution in [1.82, 2.24) is 14.8 Å². The van der Waals surface area contributed by atoms with Crippen LogP contribution < -0.4 is 19.5 Å². The predicted molar refractivity (Wildman–Crippen MR) is 123 cm³/mol. The van der Waals surface area contributed by atoms with Gasteiger partial charge in [0.15, 0.2) is 17.3 Å². The first-order valence-corrected chi connectivity index (χ1v) is 10.5. The number of fused-ring (bicyclic) bond motifs is 1. The Hall–Kier alpha value is -4.01. The highest BCUT2D eigenvalue weighted by Crippen LogP contribution is 2.44. The maximum absolute atomic E-state index is 13.1. The van der Waals surface area contributed by atoms with Gasteiger partial charge in [-0.05, 0) is 19.9 Å². The van der Waals surface area contributed by atoms with Gasteiger partial charge in [-0.1, -0.05) is 30.3 Å². The largest absolute Gasteiger partial charge is 0.496 e. The van der Waals surface area contributed by atoms with Crippen LogP contribution in [0.3, 0.4) is 0 Å². The maximum Gasteiger partial charge on any atom is 0.338 e. The summed E-state index contributed by atoms with van der Waals surface area (Å²) in [4.78, 5) is 17.8. The third-order valence-corrected chi connectivity index (χ3v) is 5.41. The molecule has 2 aromatic carbocycles. The minimum Gasteiger partial charge on any atom is -0.496 e. The molecule has 1 unspecified atom stereocenters. The van der Waals surface area contributed by atoms with Crippen molar-refractivity contribution in [3.63, 3.8) is 0 Å². The van der Waals surface area contributed by atoms with Crippen molar-refractivity contribution in [2.75, 3.05) is 33.3 Å². The second-order valence-electron chi connectivity index (χ2n) is 7.31. The Morgan fingerprint density at radius 1 is 1.03 bits per heavy atom. The number of anilines is 1. The molecule has 3 aromatic rings. The van der Waals surface area contributed by atoms with Gasteiger partial charge in [0.05, 0.1) is 33.5 Å². The number of nitrogens with one attached hydrogen (secondary N) is 1. The zero-order valence-corrected chi connectivity index (χ0v) is 19.2. The average molecular weight is 450 g/mol. The minimum absolute atomic E-state index is 0.241. The van der Waals surface area contributed by atoms with E-state index in [1.54, 1.807) is 45.1 Å². The van der Waals surface area contributed by atoms with Gasteiger partial charge in [0, 0.05) is 22.9 Å². The van der Waals surface area contributed by atoms with E-state index in [1.165, 1.54) is 0 Å². The standard InChI is InChI=1S/C24H26N4O5/c1-6-33-23(29)20-14(2)25-24-26-22(15-10-8-7-9-11-15)27-28(24)21(20)16-12-18(31-4)19(32-5)13-17(16)30-3/h7-13,21H,6H2,1-5H3,(H,25,26,27). The average Bonchev–Trinajstić information content (AvgIpc) is 3.26. The Bertz CT molecular complexity index is 1200. The third-order valence-electron chi connectivity index (χ3n) is 5.41. The number of esters is 1. The number of carbonyl (C=O) groups excluding carboxylic acids is 1. The number of allylic oxidation sites excluding steroid dienone is 1. The van der Waals surface area contributed by atoms with Crippen LogP contribution in [-0.2, 0) is 9.53 Å². The number of hydrogen-bond acceptors (Lipinski definition) is 8. The molecule has 0 aliphatic carbocycles. The van der Waals surface area contributed by atoms with Crippen LogP contribution in [0.4, 0.5) is 5.95 Å². The number of nitrogens with zero attached hydrogens (tertiary/aromatic N) is 3. The van der Waals surface area contributed by atoms with E-state index in [4.69, 9.17) is 24.0 Å². The second-order valence-corrected chi connectivity index (χ2v) is 7.31. The van der Waals surface area contributed by atoms with Crippen molar-refractivity contribution in [1.29, 1.82) is 0 Å². The Labute approximate surface area is 191 Å². The highest BCUT2D eigenvalue weighted by atomic mass is 16.5. The Morgan fingerprint density at radius 2 is 1.70 bits per heavy atom. The maximum atomic E-state index is 13.1. The molecule has 172 valence electrons. The van der Waals surface area contributed by atoms with Gasteiger partial charge in [0.25, 0.3) is 0 Å². The highest BCUT2D eigenvalue weighted by molar-refractivity contribution is 5.92. The van der Waals surface area contributed by atoms with Crippen LogP contribution in [0.5, 0.6) is 17.2 Å². The summed E-state index contributed by atoms with van der Waals surface area (Å²) in [5.74, 6) is 2.09. The molecule has 0 amide bonds. The first kappa shape index (κ1) is 22.2. The third kappa shape index (κ3) is 3.97. The van der Waals surface area contributed by atoms with E-state index in [2.05, 4.69) is 10.3 Å². The molecule has 1 N–H and O–H groups in total. The van der Waals surface area contributed by atoms with Gasteiger partial charge >= 0.3 is 5.97 Å². The monoisotopic (exact) mass is 450 g/mol. The topological polar surface area (TPSA) is 96.7 Å². The molecule has 0 saturated heterocycles. The summed E-state index contributed by atoms with van der Waals surface area (Å²) in [6.45, 7) is 3.82. The van der Waals surface area contributed by atoms with E-state index < -0.39 is 12.0 Å². The van der Waals surface area contributed by atoms with Gasteiger partial charge in [-0.2, -0.15) is 4.98 Å². The van der Waals surface area contributed by atoms with E-state index in [1.807, 2.05) is 37.3 Å². The lowest BCUT2D eigenvalue weighted by Crippen LogP contribution is -2.30. The molecule has 0 fully saturated rings. The fourth-order valence-corrected chi connectivity index (χ4v) is 3.89. The van der Waals surface area contributed by atoms with Crippen LogP contribution >= 0.6 is 0 Å². The minimum atomic E-state index is -0.667. The molecule has 2 heterocycles. The van der Waals surface area contributed by atoms with E-state index in [0.717, 1.165) is 5.56 Å². The number of benzene rings is 2. The number of ether oxygens (including phenoxy) is 4. The summed E-state index contributed by atoms with van der Waals surface area (Å²) >= 11 is 0. The van der Waals surface area contributed by atoms with E-state index in [0.29, 0.717) is 45.9 Å². The number of rotatable bonds is 7. The Balaban J connectivity index is 1.95. The van der Waals surface area contributed by atoms with Crippen LogP contribution in [0.1, 0.15) is 25.5 Å². The molecule has 9 nitrogen and oxygen atoms in total. The van der Waals surface area contributed by atoms with Crippen molar-refractivity contribution < 1.29 is 23.7 Å². The highest BCUT2D eigenvalue weighted by Gasteiger charge is 2.37. The molecule has 4 rings (SSSR count). The lowest BCUT2D eigenvalue weighted by atomic mass is 9.94. The number of carbonyl (C=O) groups is 1. The summed E-state index contributed by atoms with van der Waals surface area (Å²) in [6, 6.07) is 12.5. The molecule has 1 aliphatic heterocycles. The number of methoxy groups -OCH3 is 3. The molecule has 33 heavy (non-hydrogen) atoms. The second kappa shape index (κ2) is 9.23. The molecule has 1 atom stereocenters. The quantitative estimate of drug-likeness (QED) is 0.543. The van der Waals surface area contributed by atoms with Crippen molar-refractivity contribution >= 4 is 11.9 Å². The van der Waals surface area contributed by atoms with Gasteiger partial charge in [0.1, 0.15) is 11.8 Å². The summed E-state index contributed by atoms with van der Waals surface area (Å²) in [6.07, 6.45) is 0. The summed E-state index contributed by atoms with van der Waals surface area (Å²) in [5.41, 5.74) is 2.54. The number of hydrogen-bond donors (Lipinski definition) is 1. The van der Waals surface area contributed by atoms with Crippen LogP contribution in [-0.4, -0.2) is 48.7 Å². The Kier molecular flexibility index (Phi) is 6.21. The molecule has 1 aromatic heterocycles. The molecule has 0 bridgehead atoms. The molecule has 0 saturated carbocycles. The van der Waals surface area contributed by atoms with E-state index in [9.17, 15) is 4.79 Å². The Morgan fingerprint density at radius 3 is 2.33 bits per heavy atom. The molecule has 0 radical (unpaired) electrons. The van der Waals surface area contributed by atoms with Gasteiger partial charge < -0.3 is 24.3 Å². The zero-order chi connectivity index (χ0) is 23.5. The van der Waals surface area contributed by atoms with Gasteiger partial charge in [-0.25, -0.2) is 9.48 Å². The van der Waals surface area contributed by atoms with Gasteiger partial charge in [-0.3, -0.25) is 0 Å².